The van der Waals surface area contributed by atoms with Crippen molar-refractivity contribution in [2.75, 3.05) is 26.1 Å². The first-order chi connectivity index (χ1) is 14.9. The lowest BCUT2D eigenvalue weighted by Crippen LogP contribution is -2.37. The maximum atomic E-state index is 12.4. The van der Waals surface area contributed by atoms with Crippen LogP contribution in [0.3, 0.4) is 0 Å². The predicted octanol–water partition coefficient (Wildman–Crippen LogP) is 3.47. The molecule has 9 heteroatoms. The number of nitrogens with one attached hydrogen (secondary N) is 1. The Bertz CT molecular complexity index is 1080. The van der Waals surface area contributed by atoms with Gasteiger partial charge in [0.1, 0.15) is 12.3 Å². The van der Waals surface area contributed by atoms with E-state index >= 15 is 0 Å². The molecule has 1 aromatic carbocycles. The number of carbonyl (C=O) groups excluding carboxylic acids is 3. The van der Waals surface area contributed by atoms with Gasteiger partial charge in [0.15, 0.2) is 10.9 Å². The smallest absolute Gasteiger partial charge is 0.262 e. The van der Waals surface area contributed by atoms with Crippen LogP contribution in [0.1, 0.15) is 33.3 Å². The van der Waals surface area contributed by atoms with Crippen molar-refractivity contribution >= 4 is 39.8 Å². The van der Waals surface area contributed by atoms with Crippen molar-refractivity contribution < 1.29 is 23.9 Å². The second-order valence-electron chi connectivity index (χ2n) is 6.46. The molecule has 160 valence electrons. The average molecular weight is 439 g/mol. The molecule has 31 heavy (non-hydrogen) atoms. The molecule has 1 aromatic heterocycles. The molecule has 0 aliphatic carbocycles. The van der Waals surface area contributed by atoms with Crippen molar-refractivity contribution in [1.82, 2.24) is 9.88 Å². The van der Waals surface area contributed by atoms with Crippen molar-refractivity contribution in [3.05, 3.63) is 76.7 Å². The maximum absolute atomic E-state index is 12.4. The van der Waals surface area contributed by atoms with Crippen molar-refractivity contribution in [3.63, 3.8) is 0 Å². The number of thiazole rings is 1. The Balaban J connectivity index is 1.71. The Morgan fingerprint density at radius 3 is 2.39 bits per heavy atom. The molecule has 2 aromatic rings. The quantitative estimate of drug-likeness (QED) is 0.384. The summed E-state index contributed by atoms with van der Waals surface area (Å²) < 4.78 is 10.5. The van der Waals surface area contributed by atoms with Gasteiger partial charge in [-0.15, -0.1) is 11.3 Å². The van der Waals surface area contributed by atoms with Crippen LogP contribution in [-0.2, 0) is 14.3 Å². The van der Waals surface area contributed by atoms with Crippen molar-refractivity contribution in [2.45, 2.75) is 6.92 Å². The predicted molar refractivity (Wildman–Crippen MR) is 117 cm³/mol. The van der Waals surface area contributed by atoms with Crippen LogP contribution < -0.4 is 5.32 Å². The molecule has 0 radical (unpaired) electrons. The van der Waals surface area contributed by atoms with E-state index in [1.807, 2.05) is 0 Å². The van der Waals surface area contributed by atoms with E-state index in [4.69, 9.17) is 9.47 Å². The molecule has 0 spiro atoms. The number of anilines is 1. The molecule has 0 atom stereocenters. The first-order valence-electron chi connectivity index (χ1n) is 9.23. The lowest BCUT2D eigenvalue weighted by Gasteiger charge is -2.12. The van der Waals surface area contributed by atoms with Gasteiger partial charge in [-0.25, -0.2) is 4.98 Å². The topological polar surface area (TPSA) is 97.8 Å². The highest BCUT2D eigenvalue weighted by atomic mass is 32.1. The van der Waals surface area contributed by atoms with Crippen LogP contribution in [-0.4, -0.2) is 48.4 Å². The van der Waals surface area contributed by atoms with Crippen molar-refractivity contribution in [3.8, 4) is 0 Å². The monoisotopic (exact) mass is 439 g/mol. The van der Waals surface area contributed by atoms with E-state index in [0.717, 1.165) is 4.90 Å². The van der Waals surface area contributed by atoms with Crippen LogP contribution in [0.2, 0.25) is 0 Å². The van der Waals surface area contributed by atoms with E-state index in [9.17, 15) is 14.4 Å². The SMILES string of the molecule is C=CC(=CC(OC)=C(C)OC)c1csc(NC(=O)CN2C(=O)c3ccccc3C2=O)n1. The summed E-state index contributed by atoms with van der Waals surface area (Å²) in [4.78, 5) is 42.6. The van der Waals surface area contributed by atoms with E-state index in [1.54, 1.807) is 55.8 Å². The highest BCUT2D eigenvalue weighted by Gasteiger charge is 2.36. The molecule has 0 saturated heterocycles. The largest absolute Gasteiger partial charge is 0.498 e. The third-order valence-corrected chi connectivity index (χ3v) is 5.36. The molecule has 2 heterocycles. The summed E-state index contributed by atoms with van der Waals surface area (Å²) in [5.74, 6) is -0.389. The Kier molecular flexibility index (Phi) is 6.66. The number of hydrogen-bond acceptors (Lipinski definition) is 7. The molecule has 1 aliphatic rings. The molecular weight excluding hydrogens is 418 g/mol. The summed E-state index contributed by atoms with van der Waals surface area (Å²) in [7, 11) is 3.07. The number of imide groups is 1. The van der Waals surface area contributed by atoms with Gasteiger partial charge in [-0.2, -0.15) is 0 Å². The average Bonchev–Trinajstić information content (AvgIpc) is 3.33. The fraction of sp³-hybridized carbons (Fsp3) is 0.182. The zero-order valence-electron chi connectivity index (χ0n) is 17.3. The van der Waals surface area contributed by atoms with Crippen LogP contribution >= 0.6 is 11.3 Å². The zero-order valence-corrected chi connectivity index (χ0v) is 18.1. The third-order valence-electron chi connectivity index (χ3n) is 4.61. The minimum Gasteiger partial charge on any atom is -0.498 e. The molecule has 3 rings (SSSR count). The number of benzene rings is 1. The molecule has 1 N–H and O–H groups in total. The summed E-state index contributed by atoms with van der Waals surface area (Å²) in [6, 6.07) is 6.48. The van der Waals surface area contributed by atoms with Gasteiger partial charge >= 0.3 is 0 Å². The highest BCUT2D eigenvalue weighted by Crippen LogP contribution is 2.25. The van der Waals surface area contributed by atoms with Gasteiger partial charge in [0.25, 0.3) is 11.8 Å². The van der Waals surface area contributed by atoms with E-state index in [1.165, 1.54) is 18.4 Å². The summed E-state index contributed by atoms with van der Waals surface area (Å²) in [6.07, 6.45) is 3.34. The fourth-order valence-electron chi connectivity index (χ4n) is 2.93. The molecule has 0 bridgehead atoms. The van der Waals surface area contributed by atoms with Gasteiger partial charge in [-0.05, 0) is 25.1 Å². The number of nitrogens with zero attached hydrogens (tertiary/aromatic N) is 2. The van der Waals surface area contributed by atoms with E-state index in [0.29, 0.717) is 39.0 Å². The molecule has 0 saturated carbocycles. The second-order valence-corrected chi connectivity index (χ2v) is 7.32. The minimum atomic E-state index is -0.521. The van der Waals surface area contributed by atoms with Crippen LogP contribution in [0, 0.1) is 0 Å². The minimum absolute atomic E-state index is 0.297. The molecule has 0 unspecified atom stereocenters. The van der Waals surface area contributed by atoms with Gasteiger partial charge in [0, 0.05) is 11.0 Å². The number of methoxy groups -OCH3 is 2. The standard InChI is InChI=1S/C22H21N3O5S/c1-5-14(10-18(30-4)13(2)29-3)17-12-31-22(23-17)24-19(26)11-25-20(27)15-8-6-7-9-16(15)21(25)28/h5-10,12H,1,11H2,2-4H3,(H,23,24,26). The number of aromatic nitrogens is 1. The number of carbonyl (C=O) groups is 3. The van der Waals surface area contributed by atoms with E-state index < -0.39 is 24.3 Å². The summed E-state index contributed by atoms with van der Waals surface area (Å²) in [5.41, 5.74) is 1.84. The molecule has 0 fully saturated rings. The molecule has 1 aliphatic heterocycles. The highest BCUT2D eigenvalue weighted by molar-refractivity contribution is 7.14. The van der Waals surface area contributed by atoms with Gasteiger partial charge in [0.2, 0.25) is 5.91 Å². The number of allylic oxidation sites excluding steroid dienone is 4. The zero-order chi connectivity index (χ0) is 22.5. The summed E-state index contributed by atoms with van der Waals surface area (Å²) in [6.45, 7) is 5.17. The van der Waals surface area contributed by atoms with Gasteiger partial charge in [-0.1, -0.05) is 24.8 Å². The second kappa shape index (κ2) is 9.40. The maximum Gasteiger partial charge on any atom is 0.262 e. The third kappa shape index (κ3) is 4.56. The summed E-state index contributed by atoms with van der Waals surface area (Å²) >= 11 is 1.21. The van der Waals surface area contributed by atoms with Gasteiger partial charge in [-0.3, -0.25) is 19.3 Å². The summed E-state index contributed by atoms with van der Waals surface area (Å²) in [5, 5.41) is 4.71. The van der Waals surface area contributed by atoms with Crippen LogP contribution in [0.5, 0.6) is 0 Å². The number of rotatable bonds is 8. The fourth-order valence-corrected chi connectivity index (χ4v) is 3.67. The van der Waals surface area contributed by atoms with E-state index in [-0.39, 0.29) is 0 Å². The number of ether oxygens (including phenoxy) is 2. The van der Waals surface area contributed by atoms with Crippen molar-refractivity contribution in [1.29, 1.82) is 0 Å². The number of amides is 3. The van der Waals surface area contributed by atoms with Crippen LogP contribution in [0.25, 0.3) is 5.57 Å². The van der Waals surface area contributed by atoms with Crippen molar-refractivity contribution in [2.24, 2.45) is 0 Å². The Morgan fingerprint density at radius 2 is 1.84 bits per heavy atom. The molecule has 8 nitrogen and oxygen atoms in total. The Labute approximate surface area is 183 Å². The lowest BCUT2D eigenvalue weighted by atomic mass is 10.1. The first-order valence-corrected chi connectivity index (χ1v) is 10.1. The van der Waals surface area contributed by atoms with Crippen LogP contribution in [0.15, 0.2) is 59.9 Å². The Hall–Kier alpha value is -3.72. The lowest BCUT2D eigenvalue weighted by molar-refractivity contribution is -0.116. The Morgan fingerprint density at radius 1 is 1.19 bits per heavy atom. The normalized spacial score (nSPS) is 14.2. The van der Waals surface area contributed by atoms with Gasteiger partial charge in [0.05, 0.1) is 31.0 Å². The van der Waals surface area contributed by atoms with E-state index in [2.05, 4.69) is 16.9 Å². The molecule has 3 amide bonds. The number of fused-ring (bicyclic) bond motifs is 1. The number of hydrogen-bond donors (Lipinski definition) is 1. The van der Waals surface area contributed by atoms with Gasteiger partial charge < -0.3 is 14.8 Å². The molecular formula is C22H21N3O5S. The first kappa shape index (κ1) is 22.0. The van der Waals surface area contributed by atoms with Crippen LogP contribution in [0.4, 0.5) is 5.13 Å².